The van der Waals surface area contributed by atoms with Gasteiger partial charge in [0.15, 0.2) is 11.6 Å². The summed E-state index contributed by atoms with van der Waals surface area (Å²) in [6.07, 6.45) is 11.1. The molecule has 1 aromatic carbocycles. The lowest BCUT2D eigenvalue weighted by molar-refractivity contribution is 0.244. The van der Waals surface area contributed by atoms with Crippen LogP contribution in [0.4, 0.5) is 8.78 Å². The predicted octanol–water partition coefficient (Wildman–Crippen LogP) is 4.60. The van der Waals surface area contributed by atoms with Gasteiger partial charge in [-0.15, -0.1) is 0 Å². The van der Waals surface area contributed by atoms with Gasteiger partial charge in [-0.1, -0.05) is 18.9 Å². The van der Waals surface area contributed by atoms with Crippen molar-refractivity contribution in [1.82, 2.24) is 5.32 Å². The first-order valence-corrected chi connectivity index (χ1v) is 8.34. The van der Waals surface area contributed by atoms with Crippen LogP contribution in [0.1, 0.15) is 56.9 Å². The van der Waals surface area contributed by atoms with Gasteiger partial charge in [-0.2, -0.15) is 0 Å². The maximum absolute atomic E-state index is 13.3. The highest BCUT2D eigenvalue weighted by Crippen LogP contribution is 2.44. The van der Waals surface area contributed by atoms with Gasteiger partial charge < -0.3 is 5.32 Å². The number of hydrogen-bond donors (Lipinski definition) is 1. The molecule has 0 spiro atoms. The third kappa shape index (κ3) is 4.03. The summed E-state index contributed by atoms with van der Waals surface area (Å²) in [6, 6.07) is 5.11. The molecule has 3 heteroatoms. The summed E-state index contributed by atoms with van der Waals surface area (Å²) in [7, 11) is 0. The Bertz CT molecular complexity index is 476. The first kappa shape index (κ1) is 15.0. The maximum atomic E-state index is 13.3. The number of rotatable bonds is 7. The minimum atomic E-state index is -0.747. The molecule has 0 atom stereocenters. The molecular formula is C18H25F2N. The number of nitrogens with one attached hydrogen (secondary N) is 1. The van der Waals surface area contributed by atoms with Crippen molar-refractivity contribution < 1.29 is 8.78 Å². The molecule has 0 radical (unpaired) electrons. The quantitative estimate of drug-likeness (QED) is 0.774. The van der Waals surface area contributed by atoms with Crippen LogP contribution < -0.4 is 5.32 Å². The SMILES string of the molecule is Fc1ccc(CCC2(CCNC3CC3)CCCC2)cc1F. The zero-order chi connectivity index (χ0) is 14.7. The van der Waals surface area contributed by atoms with Crippen LogP contribution in [0.2, 0.25) is 0 Å². The van der Waals surface area contributed by atoms with Crippen molar-refractivity contribution in [3.05, 3.63) is 35.4 Å². The molecule has 1 nitrogen and oxygen atoms in total. The lowest BCUT2D eigenvalue weighted by Gasteiger charge is -2.29. The van der Waals surface area contributed by atoms with E-state index in [2.05, 4.69) is 5.32 Å². The van der Waals surface area contributed by atoms with E-state index in [1.165, 1.54) is 57.1 Å². The Morgan fingerprint density at radius 1 is 1.05 bits per heavy atom. The van der Waals surface area contributed by atoms with Crippen LogP contribution >= 0.6 is 0 Å². The predicted molar refractivity (Wildman–Crippen MR) is 81.2 cm³/mol. The summed E-state index contributed by atoms with van der Waals surface area (Å²) in [5.74, 6) is -1.47. The Labute approximate surface area is 126 Å². The van der Waals surface area contributed by atoms with Crippen molar-refractivity contribution in [1.29, 1.82) is 0 Å². The summed E-state index contributed by atoms with van der Waals surface area (Å²) >= 11 is 0. The van der Waals surface area contributed by atoms with Crippen molar-refractivity contribution >= 4 is 0 Å². The molecular weight excluding hydrogens is 268 g/mol. The van der Waals surface area contributed by atoms with Gasteiger partial charge >= 0.3 is 0 Å². The Balaban J connectivity index is 1.54. The Morgan fingerprint density at radius 2 is 1.81 bits per heavy atom. The maximum Gasteiger partial charge on any atom is 0.159 e. The normalized spacial score (nSPS) is 20.9. The molecule has 0 aromatic heterocycles. The molecule has 21 heavy (non-hydrogen) atoms. The zero-order valence-electron chi connectivity index (χ0n) is 12.6. The van der Waals surface area contributed by atoms with Crippen LogP contribution in [0.3, 0.4) is 0 Å². The van der Waals surface area contributed by atoms with Crippen LogP contribution in [0.15, 0.2) is 18.2 Å². The molecule has 2 saturated carbocycles. The molecule has 0 amide bonds. The van der Waals surface area contributed by atoms with Crippen molar-refractivity contribution in [3.8, 4) is 0 Å². The van der Waals surface area contributed by atoms with Crippen molar-refractivity contribution in [2.24, 2.45) is 5.41 Å². The molecule has 0 bridgehead atoms. The lowest BCUT2D eigenvalue weighted by Crippen LogP contribution is -2.26. The van der Waals surface area contributed by atoms with E-state index in [1.807, 2.05) is 0 Å². The van der Waals surface area contributed by atoms with Crippen LogP contribution in [-0.4, -0.2) is 12.6 Å². The van der Waals surface area contributed by atoms with E-state index >= 15 is 0 Å². The van der Waals surface area contributed by atoms with Crippen LogP contribution in [0.25, 0.3) is 0 Å². The van der Waals surface area contributed by atoms with Gasteiger partial charge in [0.1, 0.15) is 0 Å². The van der Waals surface area contributed by atoms with Gasteiger partial charge in [-0.25, -0.2) is 8.78 Å². The van der Waals surface area contributed by atoms with E-state index in [0.29, 0.717) is 5.41 Å². The van der Waals surface area contributed by atoms with Crippen LogP contribution in [0, 0.1) is 17.0 Å². The molecule has 0 heterocycles. The Hall–Kier alpha value is -0.960. The molecule has 116 valence electrons. The van der Waals surface area contributed by atoms with Gasteiger partial charge in [-0.05, 0) is 74.6 Å². The molecule has 1 aromatic rings. The first-order valence-electron chi connectivity index (χ1n) is 8.34. The number of benzene rings is 1. The molecule has 2 aliphatic rings. The van der Waals surface area contributed by atoms with E-state index in [-0.39, 0.29) is 0 Å². The van der Waals surface area contributed by atoms with Crippen LogP contribution in [0.5, 0.6) is 0 Å². The molecule has 2 aliphatic carbocycles. The molecule has 0 aliphatic heterocycles. The van der Waals surface area contributed by atoms with E-state index < -0.39 is 11.6 Å². The fraction of sp³-hybridized carbons (Fsp3) is 0.667. The highest BCUT2D eigenvalue weighted by atomic mass is 19.2. The van der Waals surface area contributed by atoms with Crippen molar-refractivity contribution in [3.63, 3.8) is 0 Å². The molecule has 3 rings (SSSR count). The average molecular weight is 293 g/mol. The summed E-state index contributed by atoms with van der Waals surface area (Å²) in [5.41, 5.74) is 1.35. The first-order chi connectivity index (χ1) is 10.2. The van der Waals surface area contributed by atoms with Gasteiger partial charge in [0.05, 0.1) is 0 Å². The largest absolute Gasteiger partial charge is 0.314 e. The monoisotopic (exact) mass is 293 g/mol. The Morgan fingerprint density at radius 3 is 2.48 bits per heavy atom. The van der Waals surface area contributed by atoms with Crippen molar-refractivity contribution in [2.45, 2.75) is 63.8 Å². The summed E-state index contributed by atoms with van der Waals surface area (Å²) in [4.78, 5) is 0. The minimum Gasteiger partial charge on any atom is -0.314 e. The van der Waals surface area contributed by atoms with E-state index in [9.17, 15) is 8.78 Å². The molecule has 2 fully saturated rings. The third-order valence-corrected chi connectivity index (χ3v) is 5.26. The van der Waals surface area contributed by atoms with Gasteiger partial charge in [0.2, 0.25) is 0 Å². The standard InChI is InChI=1S/C18H25F2N/c19-16-6-3-14(13-17(16)20)7-10-18(8-1-2-9-18)11-12-21-15-4-5-15/h3,6,13,15,21H,1-2,4-5,7-12H2. The highest BCUT2D eigenvalue weighted by molar-refractivity contribution is 5.18. The second-order valence-corrected chi connectivity index (χ2v) is 6.93. The smallest absolute Gasteiger partial charge is 0.159 e. The summed E-state index contributed by atoms with van der Waals surface area (Å²) in [6.45, 7) is 1.11. The van der Waals surface area contributed by atoms with Crippen LogP contribution in [-0.2, 0) is 6.42 Å². The summed E-state index contributed by atoms with van der Waals surface area (Å²) in [5, 5.41) is 3.61. The molecule has 1 N–H and O–H groups in total. The Kier molecular flexibility index (Phi) is 4.58. The van der Waals surface area contributed by atoms with E-state index in [0.717, 1.165) is 31.0 Å². The average Bonchev–Trinajstić information content (AvgIpc) is 3.18. The highest BCUT2D eigenvalue weighted by Gasteiger charge is 2.33. The lowest BCUT2D eigenvalue weighted by atomic mass is 9.77. The number of aryl methyl sites for hydroxylation is 1. The van der Waals surface area contributed by atoms with Gasteiger partial charge in [0, 0.05) is 6.04 Å². The number of hydrogen-bond acceptors (Lipinski definition) is 1. The third-order valence-electron chi connectivity index (χ3n) is 5.26. The fourth-order valence-electron chi connectivity index (χ4n) is 3.68. The van der Waals surface area contributed by atoms with Crippen molar-refractivity contribution in [2.75, 3.05) is 6.54 Å². The number of halogens is 2. The summed E-state index contributed by atoms with van der Waals surface area (Å²) < 4.78 is 26.3. The van der Waals surface area contributed by atoms with E-state index in [1.54, 1.807) is 6.07 Å². The second kappa shape index (κ2) is 6.43. The van der Waals surface area contributed by atoms with Gasteiger partial charge in [-0.3, -0.25) is 0 Å². The topological polar surface area (TPSA) is 12.0 Å². The second-order valence-electron chi connectivity index (χ2n) is 6.93. The fourth-order valence-corrected chi connectivity index (χ4v) is 3.68. The zero-order valence-corrected chi connectivity index (χ0v) is 12.6. The van der Waals surface area contributed by atoms with Gasteiger partial charge in [0.25, 0.3) is 0 Å². The van der Waals surface area contributed by atoms with E-state index in [4.69, 9.17) is 0 Å². The minimum absolute atomic E-state index is 0.423. The molecule has 0 saturated heterocycles. The molecule has 0 unspecified atom stereocenters.